The van der Waals surface area contributed by atoms with Gasteiger partial charge < -0.3 is 0 Å². The summed E-state index contributed by atoms with van der Waals surface area (Å²) in [6, 6.07) is 8.44. The molecule has 0 amide bonds. The summed E-state index contributed by atoms with van der Waals surface area (Å²) < 4.78 is 39.3. The fourth-order valence-electron chi connectivity index (χ4n) is 1.34. The number of benzene rings is 1. The number of nitrogens with zero attached hydrogens (tertiary/aromatic N) is 2. The van der Waals surface area contributed by atoms with Crippen LogP contribution in [0.2, 0.25) is 0 Å². The monoisotopic (exact) mass is 267 g/mol. The Bertz CT molecular complexity index is 632. The summed E-state index contributed by atoms with van der Waals surface area (Å²) in [5, 5.41) is 7.34. The van der Waals surface area contributed by atoms with E-state index in [0.717, 1.165) is 6.07 Å². The van der Waals surface area contributed by atoms with Crippen LogP contribution in [0.25, 0.3) is 0 Å². The van der Waals surface area contributed by atoms with Crippen LogP contribution in [-0.4, -0.2) is 18.6 Å². The summed E-state index contributed by atoms with van der Waals surface area (Å²) in [5.74, 6) is -0.788. The summed E-state index contributed by atoms with van der Waals surface area (Å²) >= 11 is 0. The van der Waals surface area contributed by atoms with E-state index in [1.165, 1.54) is 24.4 Å². The van der Waals surface area contributed by atoms with E-state index in [9.17, 15) is 12.8 Å². The second-order valence-corrected chi connectivity index (χ2v) is 5.21. The van der Waals surface area contributed by atoms with Crippen LogP contribution in [0.1, 0.15) is 5.69 Å². The van der Waals surface area contributed by atoms with Crippen LogP contribution in [-0.2, 0) is 16.6 Å². The lowest BCUT2D eigenvalue weighted by atomic mass is 10.4. The molecular formula is C11H10FN3O2S. The molecule has 7 heteroatoms. The van der Waals surface area contributed by atoms with E-state index in [4.69, 9.17) is 0 Å². The van der Waals surface area contributed by atoms with Crippen molar-refractivity contribution in [3.8, 4) is 0 Å². The second kappa shape index (κ2) is 5.19. The first-order chi connectivity index (χ1) is 8.59. The molecule has 0 bridgehead atoms. The van der Waals surface area contributed by atoms with E-state index in [-0.39, 0.29) is 11.4 Å². The van der Waals surface area contributed by atoms with Gasteiger partial charge >= 0.3 is 0 Å². The Morgan fingerprint density at radius 2 is 1.94 bits per heavy atom. The number of hydrogen-bond acceptors (Lipinski definition) is 4. The van der Waals surface area contributed by atoms with Crippen LogP contribution in [0.4, 0.5) is 4.39 Å². The van der Waals surface area contributed by atoms with Crippen LogP contribution in [0, 0.1) is 5.82 Å². The number of sulfonamides is 1. The van der Waals surface area contributed by atoms with E-state index in [1.807, 2.05) is 0 Å². The molecule has 1 aromatic heterocycles. The van der Waals surface area contributed by atoms with Crippen LogP contribution in [0.3, 0.4) is 0 Å². The Morgan fingerprint density at radius 1 is 1.17 bits per heavy atom. The molecule has 0 aliphatic carbocycles. The third-order valence-electron chi connectivity index (χ3n) is 2.20. The minimum absolute atomic E-state index is 0.0372. The van der Waals surface area contributed by atoms with Crippen LogP contribution >= 0.6 is 0 Å². The van der Waals surface area contributed by atoms with Crippen molar-refractivity contribution in [2.24, 2.45) is 0 Å². The summed E-state index contributed by atoms with van der Waals surface area (Å²) in [4.78, 5) is -0.381. The van der Waals surface area contributed by atoms with E-state index in [2.05, 4.69) is 14.9 Å². The molecule has 94 valence electrons. The predicted molar refractivity (Wildman–Crippen MR) is 62.5 cm³/mol. The standard InChI is InChI=1S/C11H10FN3O2S/c12-10-5-1-2-6-11(10)18(16,17)14-8-9-4-3-7-13-15-9/h1-7,14H,8H2. The third-order valence-corrected chi connectivity index (χ3v) is 3.63. The molecule has 0 fully saturated rings. The Kier molecular flexibility index (Phi) is 3.63. The minimum atomic E-state index is -3.88. The lowest BCUT2D eigenvalue weighted by Crippen LogP contribution is -2.24. The van der Waals surface area contributed by atoms with Crippen molar-refractivity contribution < 1.29 is 12.8 Å². The maximum absolute atomic E-state index is 13.4. The van der Waals surface area contributed by atoms with Crippen molar-refractivity contribution in [1.82, 2.24) is 14.9 Å². The Balaban J connectivity index is 2.16. The van der Waals surface area contributed by atoms with E-state index in [0.29, 0.717) is 5.69 Å². The molecule has 0 aliphatic heterocycles. The quantitative estimate of drug-likeness (QED) is 0.900. The summed E-state index contributed by atoms with van der Waals surface area (Å²) in [7, 11) is -3.88. The Labute approximate surface area is 104 Å². The zero-order valence-corrected chi connectivity index (χ0v) is 10.1. The van der Waals surface area contributed by atoms with Gasteiger partial charge in [0.25, 0.3) is 0 Å². The zero-order chi connectivity index (χ0) is 13.0. The zero-order valence-electron chi connectivity index (χ0n) is 9.25. The molecule has 0 saturated heterocycles. The van der Waals surface area contributed by atoms with Gasteiger partial charge in [-0.05, 0) is 24.3 Å². The van der Waals surface area contributed by atoms with Gasteiger partial charge in [-0.25, -0.2) is 17.5 Å². The molecule has 1 heterocycles. The van der Waals surface area contributed by atoms with Gasteiger partial charge in [0.2, 0.25) is 10.0 Å². The first kappa shape index (κ1) is 12.6. The van der Waals surface area contributed by atoms with Crippen molar-refractivity contribution >= 4 is 10.0 Å². The smallest absolute Gasteiger partial charge is 0.207 e. The molecule has 0 spiro atoms. The largest absolute Gasteiger partial charge is 0.243 e. The van der Waals surface area contributed by atoms with Crippen molar-refractivity contribution in [2.45, 2.75) is 11.4 Å². The second-order valence-electron chi connectivity index (χ2n) is 3.47. The van der Waals surface area contributed by atoms with E-state index >= 15 is 0 Å². The van der Waals surface area contributed by atoms with Gasteiger partial charge in [0.05, 0.1) is 12.2 Å². The summed E-state index contributed by atoms with van der Waals surface area (Å²) in [6.45, 7) is -0.0372. The van der Waals surface area contributed by atoms with Crippen LogP contribution < -0.4 is 4.72 Å². The molecule has 1 N–H and O–H groups in total. The molecule has 18 heavy (non-hydrogen) atoms. The van der Waals surface area contributed by atoms with Crippen molar-refractivity contribution in [3.05, 3.63) is 54.1 Å². The van der Waals surface area contributed by atoms with Crippen molar-refractivity contribution in [3.63, 3.8) is 0 Å². The summed E-state index contributed by atoms with van der Waals surface area (Å²) in [5.41, 5.74) is 0.456. The third kappa shape index (κ3) is 2.88. The number of aromatic nitrogens is 2. The SMILES string of the molecule is O=S(=O)(NCc1cccnn1)c1ccccc1F. The first-order valence-electron chi connectivity index (χ1n) is 5.10. The number of halogens is 1. The van der Waals surface area contributed by atoms with Crippen molar-refractivity contribution in [1.29, 1.82) is 0 Å². The van der Waals surface area contributed by atoms with Crippen molar-refractivity contribution in [2.75, 3.05) is 0 Å². The van der Waals surface area contributed by atoms with Crippen LogP contribution in [0.5, 0.6) is 0 Å². The molecular weight excluding hydrogens is 257 g/mol. The topological polar surface area (TPSA) is 72.0 Å². The molecule has 2 rings (SSSR count). The molecule has 2 aromatic rings. The van der Waals surface area contributed by atoms with Gasteiger partial charge in [0.1, 0.15) is 10.7 Å². The highest BCUT2D eigenvalue weighted by molar-refractivity contribution is 7.89. The average molecular weight is 267 g/mol. The lowest BCUT2D eigenvalue weighted by Gasteiger charge is -2.06. The molecule has 0 radical (unpaired) electrons. The molecule has 0 unspecified atom stereocenters. The van der Waals surface area contributed by atoms with Gasteiger partial charge in [-0.3, -0.25) is 0 Å². The molecule has 0 saturated carbocycles. The van der Waals surface area contributed by atoms with Gasteiger partial charge in [-0.2, -0.15) is 10.2 Å². The minimum Gasteiger partial charge on any atom is -0.207 e. The van der Waals surface area contributed by atoms with E-state index in [1.54, 1.807) is 12.1 Å². The lowest BCUT2D eigenvalue weighted by molar-refractivity contribution is 0.556. The van der Waals surface area contributed by atoms with Gasteiger partial charge in [-0.15, -0.1) is 0 Å². The molecule has 0 atom stereocenters. The van der Waals surface area contributed by atoms with Gasteiger partial charge in [0.15, 0.2) is 0 Å². The number of hydrogen-bond donors (Lipinski definition) is 1. The predicted octanol–water partition coefficient (Wildman–Crippen LogP) is 1.09. The molecule has 1 aromatic carbocycles. The Hall–Kier alpha value is -1.86. The first-order valence-corrected chi connectivity index (χ1v) is 6.59. The maximum Gasteiger partial charge on any atom is 0.243 e. The normalized spacial score (nSPS) is 11.4. The maximum atomic E-state index is 13.4. The number of rotatable bonds is 4. The molecule has 5 nitrogen and oxygen atoms in total. The summed E-state index contributed by atoms with van der Waals surface area (Å²) in [6.07, 6.45) is 1.48. The fourth-order valence-corrected chi connectivity index (χ4v) is 2.41. The highest BCUT2D eigenvalue weighted by atomic mass is 32.2. The van der Waals surface area contributed by atoms with E-state index < -0.39 is 15.8 Å². The average Bonchev–Trinajstić information content (AvgIpc) is 2.38. The molecule has 0 aliphatic rings. The van der Waals surface area contributed by atoms with Gasteiger partial charge in [-0.1, -0.05) is 12.1 Å². The van der Waals surface area contributed by atoms with Crippen LogP contribution in [0.15, 0.2) is 47.5 Å². The van der Waals surface area contributed by atoms with Gasteiger partial charge in [0, 0.05) is 6.20 Å². The number of nitrogens with one attached hydrogen (secondary N) is 1. The Morgan fingerprint density at radius 3 is 2.61 bits per heavy atom. The highest BCUT2D eigenvalue weighted by Crippen LogP contribution is 2.13. The fraction of sp³-hybridized carbons (Fsp3) is 0.0909. The highest BCUT2D eigenvalue weighted by Gasteiger charge is 2.17.